The Hall–Kier alpha value is -2.66. The number of amides is 2. The lowest BCUT2D eigenvalue weighted by Crippen LogP contribution is -2.27. The number of benzene rings is 2. The van der Waals surface area contributed by atoms with Crippen LogP contribution in [0.2, 0.25) is 0 Å². The molecule has 2 N–H and O–H groups in total. The van der Waals surface area contributed by atoms with E-state index in [0.29, 0.717) is 24.3 Å². The van der Waals surface area contributed by atoms with E-state index in [1.807, 2.05) is 44.4 Å². The van der Waals surface area contributed by atoms with Crippen LogP contribution in [0.3, 0.4) is 0 Å². The smallest absolute Gasteiger partial charge is 0.251 e. The predicted molar refractivity (Wildman–Crippen MR) is 91.2 cm³/mol. The zero-order valence-corrected chi connectivity index (χ0v) is 13.4. The van der Waals surface area contributed by atoms with Crippen LogP contribution in [0.1, 0.15) is 15.9 Å². The van der Waals surface area contributed by atoms with E-state index in [2.05, 4.69) is 10.6 Å². The lowest BCUT2D eigenvalue weighted by atomic mass is 10.1. The van der Waals surface area contributed by atoms with Gasteiger partial charge in [-0.05, 0) is 37.9 Å². The molecule has 0 spiro atoms. The highest BCUT2D eigenvalue weighted by Crippen LogP contribution is 2.11. The molecule has 2 aromatic carbocycles. The molecule has 0 atom stereocenters. The van der Waals surface area contributed by atoms with E-state index < -0.39 is 0 Å². The van der Waals surface area contributed by atoms with E-state index in [4.69, 9.17) is 0 Å². The molecule has 0 aliphatic rings. The molecule has 2 aromatic rings. The molecule has 2 rings (SSSR count). The summed E-state index contributed by atoms with van der Waals surface area (Å²) >= 11 is 0. The van der Waals surface area contributed by atoms with Crippen LogP contribution in [0.5, 0.6) is 0 Å². The molecular formula is C18H21N3O2. The maximum absolute atomic E-state index is 12.2. The average molecular weight is 311 g/mol. The van der Waals surface area contributed by atoms with Crippen molar-refractivity contribution in [2.24, 2.45) is 0 Å². The van der Waals surface area contributed by atoms with E-state index in [0.717, 1.165) is 5.56 Å². The Morgan fingerprint density at radius 1 is 1.00 bits per heavy atom. The van der Waals surface area contributed by atoms with Gasteiger partial charge in [0.15, 0.2) is 0 Å². The second-order valence-corrected chi connectivity index (χ2v) is 5.54. The topological polar surface area (TPSA) is 61.4 Å². The second kappa shape index (κ2) is 8.10. The molecule has 0 aliphatic carbocycles. The fourth-order valence-electron chi connectivity index (χ4n) is 2.11. The van der Waals surface area contributed by atoms with Crippen molar-refractivity contribution in [3.8, 4) is 0 Å². The standard InChI is InChI=1S/C18H21N3O2/c1-21(2)13-17(22)20-16-10-6-9-15(11-16)18(23)19-12-14-7-4-3-5-8-14/h3-11H,12-13H2,1-2H3,(H,19,23)(H,20,22). The quantitative estimate of drug-likeness (QED) is 0.859. The van der Waals surface area contributed by atoms with Gasteiger partial charge in [-0.3, -0.25) is 9.59 Å². The number of rotatable bonds is 6. The molecular weight excluding hydrogens is 290 g/mol. The maximum Gasteiger partial charge on any atom is 0.251 e. The van der Waals surface area contributed by atoms with E-state index in [9.17, 15) is 9.59 Å². The van der Waals surface area contributed by atoms with Crippen LogP contribution in [0.25, 0.3) is 0 Å². The van der Waals surface area contributed by atoms with Gasteiger partial charge >= 0.3 is 0 Å². The number of nitrogens with one attached hydrogen (secondary N) is 2. The Kier molecular flexibility index (Phi) is 5.88. The van der Waals surface area contributed by atoms with Gasteiger partial charge in [0.2, 0.25) is 5.91 Å². The van der Waals surface area contributed by atoms with Crippen LogP contribution in [0.4, 0.5) is 5.69 Å². The molecule has 5 nitrogen and oxygen atoms in total. The summed E-state index contributed by atoms with van der Waals surface area (Å²) in [5.41, 5.74) is 2.17. The van der Waals surface area contributed by atoms with Gasteiger partial charge < -0.3 is 15.5 Å². The summed E-state index contributed by atoms with van der Waals surface area (Å²) in [6.45, 7) is 0.765. The molecule has 23 heavy (non-hydrogen) atoms. The van der Waals surface area contributed by atoms with Crippen molar-refractivity contribution in [2.75, 3.05) is 26.0 Å². The van der Waals surface area contributed by atoms with Gasteiger partial charge in [-0.1, -0.05) is 36.4 Å². The van der Waals surface area contributed by atoms with Crippen molar-refractivity contribution in [1.82, 2.24) is 10.2 Å². The van der Waals surface area contributed by atoms with Crippen molar-refractivity contribution in [2.45, 2.75) is 6.54 Å². The number of carbonyl (C=O) groups is 2. The fourth-order valence-corrected chi connectivity index (χ4v) is 2.11. The summed E-state index contributed by atoms with van der Waals surface area (Å²) in [4.78, 5) is 25.7. The zero-order chi connectivity index (χ0) is 16.7. The molecule has 5 heteroatoms. The first kappa shape index (κ1) is 16.7. The average Bonchev–Trinajstić information content (AvgIpc) is 2.53. The predicted octanol–water partition coefficient (Wildman–Crippen LogP) is 2.12. The summed E-state index contributed by atoms with van der Waals surface area (Å²) in [6, 6.07) is 16.6. The fraction of sp³-hybridized carbons (Fsp3) is 0.222. The minimum absolute atomic E-state index is 0.114. The van der Waals surface area contributed by atoms with Gasteiger partial charge in [-0.25, -0.2) is 0 Å². The van der Waals surface area contributed by atoms with Crippen molar-refractivity contribution in [3.05, 3.63) is 65.7 Å². The van der Waals surface area contributed by atoms with Gasteiger partial charge in [0.1, 0.15) is 0 Å². The largest absolute Gasteiger partial charge is 0.348 e. The third-order valence-electron chi connectivity index (χ3n) is 3.16. The molecule has 0 radical (unpaired) electrons. The van der Waals surface area contributed by atoms with E-state index in [-0.39, 0.29) is 11.8 Å². The van der Waals surface area contributed by atoms with Crippen molar-refractivity contribution in [1.29, 1.82) is 0 Å². The number of hydrogen-bond donors (Lipinski definition) is 2. The van der Waals surface area contributed by atoms with Gasteiger partial charge in [0.05, 0.1) is 6.54 Å². The highest BCUT2D eigenvalue weighted by Gasteiger charge is 2.08. The molecule has 0 saturated heterocycles. The second-order valence-electron chi connectivity index (χ2n) is 5.54. The van der Waals surface area contributed by atoms with Crippen LogP contribution >= 0.6 is 0 Å². The lowest BCUT2D eigenvalue weighted by molar-refractivity contribution is -0.116. The minimum Gasteiger partial charge on any atom is -0.348 e. The highest BCUT2D eigenvalue weighted by molar-refractivity contribution is 5.97. The van der Waals surface area contributed by atoms with E-state index >= 15 is 0 Å². The Morgan fingerprint density at radius 2 is 1.74 bits per heavy atom. The molecule has 0 unspecified atom stereocenters. The number of nitrogens with zero attached hydrogens (tertiary/aromatic N) is 1. The first-order valence-electron chi connectivity index (χ1n) is 7.41. The summed E-state index contributed by atoms with van der Waals surface area (Å²) in [7, 11) is 3.65. The number of anilines is 1. The van der Waals surface area contributed by atoms with Crippen LogP contribution < -0.4 is 10.6 Å². The van der Waals surface area contributed by atoms with E-state index in [1.54, 1.807) is 29.2 Å². The van der Waals surface area contributed by atoms with Crippen LogP contribution in [0, 0.1) is 0 Å². The van der Waals surface area contributed by atoms with Crippen LogP contribution in [0.15, 0.2) is 54.6 Å². The zero-order valence-electron chi connectivity index (χ0n) is 13.4. The molecule has 0 saturated carbocycles. The van der Waals surface area contributed by atoms with Gasteiger partial charge in [-0.15, -0.1) is 0 Å². The Labute approximate surface area is 136 Å². The molecule has 0 aromatic heterocycles. The minimum atomic E-state index is -0.169. The number of likely N-dealkylation sites (N-methyl/N-ethyl adjacent to an activating group) is 1. The van der Waals surface area contributed by atoms with Gasteiger partial charge in [0, 0.05) is 17.8 Å². The van der Waals surface area contributed by atoms with Gasteiger partial charge in [0.25, 0.3) is 5.91 Å². The normalized spacial score (nSPS) is 10.4. The molecule has 0 bridgehead atoms. The summed E-state index contributed by atoms with van der Waals surface area (Å²) in [5, 5.41) is 5.65. The number of carbonyl (C=O) groups excluding carboxylic acids is 2. The third-order valence-corrected chi connectivity index (χ3v) is 3.16. The summed E-state index contributed by atoms with van der Waals surface area (Å²) in [5.74, 6) is -0.283. The third kappa shape index (κ3) is 5.56. The van der Waals surface area contributed by atoms with Gasteiger partial charge in [-0.2, -0.15) is 0 Å². The Balaban J connectivity index is 1.95. The van der Waals surface area contributed by atoms with Crippen molar-refractivity contribution < 1.29 is 9.59 Å². The first-order chi connectivity index (χ1) is 11.0. The lowest BCUT2D eigenvalue weighted by Gasteiger charge is -2.11. The molecule has 120 valence electrons. The Bertz CT molecular complexity index is 669. The van der Waals surface area contributed by atoms with Crippen LogP contribution in [-0.2, 0) is 11.3 Å². The highest BCUT2D eigenvalue weighted by atomic mass is 16.2. The molecule has 0 fully saturated rings. The SMILES string of the molecule is CN(C)CC(=O)Nc1cccc(C(=O)NCc2ccccc2)c1. The van der Waals surface area contributed by atoms with Crippen molar-refractivity contribution >= 4 is 17.5 Å². The number of hydrogen-bond acceptors (Lipinski definition) is 3. The monoisotopic (exact) mass is 311 g/mol. The van der Waals surface area contributed by atoms with Crippen molar-refractivity contribution in [3.63, 3.8) is 0 Å². The first-order valence-corrected chi connectivity index (χ1v) is 7.41. The maximum atomic E-state index is 12.2. The molecule has 0 heterocycles. The van der Waals surface area contributed by atoms with Crippen LogP contribution in [-0.4, -0.2) is 37.4 Å². The molecule has 0 aliphatic heterocycles. The van der Waals surface area contributed by atoms with E-state index in [1.165, 1.54) is 0 Å². The Morgan fingerprint density at radius 3 is 2.43 bits per heavy atom. The summed E-state index contributed by atoms with van der Waals surface area (Å²) < 4.78 is 0. The summed E-state index contributed by atoms with van der Waals surface area (Å²) in [6.07, 6.45) is 0. The molecule has 2 amide bonds.